The zero-order valence-corrected chi connectivity index (χ0v) is 18.2. The molecule has 1 aliphatic carbocycles. The van der Waals surface area contributed by atoms with Crippen LogP contribution >= 0.6 is 0 Å². The van der Waals surface area contributed by atoms with Gasteiger partial charge in [-0.25, -0.2) is 4.68 Å². The standard InChI is InChI=1S/C23H34N6/c1-16(2)28-14-17(3)21(15-28)26-23(24-4)25-13-20-19-11-8-12-22(19)29(27-20)18-9-6-5-7-10-18/h5-7,9-10,16-17,21H,8,11-15H2,1-4H3,(H2,24,25,26). The zero-order valence-electron chi connectivity index (χ0n) is 18.2. The van der Waals surface area contributed by atoms with Gasteiger partial charge in [0, 0.05) is 37.9 Å². The number of aliphatic imine (C=N–C) groups is 1. The van der Waals surface area contributed by atoms with E-state index in [0.717, 1.165) is 43.3 Å². The third-order valence-electron chi connectivity index (χ3n) is 6.35. The minimum absolute atomic E-state index is 0.427. The number of hydrogen-bond acceptors (Lipinski definition) is 3. The SMILES string of the molecule is CN=C(NCc1nn(-c2ccccc2)c2c1CCC2)NC1CN(C(C)C)CC1C. The fourth-order valence-electron chi connectivity index (χ4n) is 4.59. The van der Waals surface area contributed by atoms with Gasteiger partial charge in [-0.3, -0.25) is 9.89 Å². The summed E-state index contributed by atoms with van der Waals surface area (Å²) in [6.07, 6.45) is 3.44. The van der Waals surface area contributed by atoms with E-state index in [-0.39, 0.29) is 0 Å². The molecule has 4 rings (SSSR count). The second-order valence-electron chi connectivity index (χ2n) is 8.67. The third-order valence-corrected chi connectivity index (χ3v) is 6.35. The summed E-state index contributed by atoms with van der Waals surface area (Å²) in [5.41, 5.74) is 5.07. The van der Waals surface area contributed by atoms with Gasteiger partial charge in [-0.1, -0.05) is 25.1 Å². The summed E-state index contributed by atoms with van der Waals surface area (Å²) in [5, 5.41) is 12.1. The van der Waals surface area contributed by atoms with Crippen LogP contribution in [0.4, 0.5) is 0 Å². The van der Waals surface area contributed by atoms with Crippen molar-refractivity contribution in [2.45, 2.75) is 58.7 Å². The first-order valence-corrected chi connectivity index (χ1v) is 10.9. The van der Waals surface area contributed by atoms with E-state index in [0.29, 0.717) is 24.5 Å². The molecule has 156 valence electrons. The number of guanidine groups is 1. The van der Waals surface area contributed by atoms with Gasteiger partial charge >= 0.3 is 0 Å². The maximum Gasteiger partial charge on any atom is 0.191 e. The number of para-hydroxylation sites is 1. The number of benzene rings is 1. The normalized spacial score (nSPS) is 22.3. The molecule has 6 nitrogen and oxygen atoms in total. The van der Waals surface area contributed by atoms with E-state index >= 15 is 0 Å². The zero-order chi connectivity index (χ0) is 20.4. The highest BCUT2D eigenvalue weighted by atomic mass is 15.3. The van der Waals surface area contributed by atoms with Gasteiger partial charge in [0.1, 0.15) is 0 Å². The molecular weight excluding hydrogens is 360 g/mol. The molecule has 2 N–H and O–H groups in total. The van der Waals surface area contributed by atoms with Crippen molar-refractivity contribution in [1.82, 2.24) is 25.3 Å². The third kappa shape index (κ3) is 4.17. The van der Waals surface area contributed by atoms with Crippen LogP contribution in [0.15, 0.2) is 35.3 Å². The molecule has 1 aliphatic heterocycles. The highest BCUT2D eigenvalue weighted by Crippen LogP contribution is 2.27. The second-order valence-corrected chi connectivity index (χ2v) is 8.67. The Morgan fingerprint density at radius 3 is 2.69 bits per heavy atom. The van der Waals surface area contributed by atoms with Crippen LogP contribution in [0.2, 0.25) is 0 Å². The van der Waals surface area contributed by atoms with Gasteiger partial charge in [-0.15, -0.1) is 0 Å². The van der Waals surface area contributed by atoms with Crippen LogP contribution in [-0.4, -0.2) is 52.9 Å². The average molecular weight is 395 g/mol. The van der Waals surface area contributed by atoms with Crippen LogP contribution in [0.25, 0.3) is 5.69 Å². The summed E-state index contributed by atoms with van der Waals surface area (Å²) >= 11 is 0. The number of nitrogens with zero attached hydrogens (tertiary/aromatic N) is 4. The molecule has 2 heterocycles. The van der Waals surface area contributed by atoms with Crippen molar-refractivity contribution in [3.05, 3.63) is 47.3 Å². The Morgan fingerprint density at radius 1 is 1.21 bits per heavy atom. The molecule has 29 heavy (non-hydrogen) atoms. The first-order chi connectivity index (χ1) is 14.1. The Balaban J connectivity index is 1.44. The van der Waals surface area contributed by atoms with E-state index in [2.05, 4.69) is 76.3 Å². The Morgan fingerprint density at radius 2 is 2.00 bits per heavy atom. The number of aromatic nitrogens is 2. The number of nitrogens with one attached hydrogen (secondary N) is 2. The molecule has 1 fully saturated rings. The summed E-state index contributed by atoms with van der Waals surface area (Å²) in [6, 6.07) is 11.5. The lowest BCUT2D eigenvalue weighted by atomic mass is 10.1. The van der Waals surface area contributed by atoms with Gasteiger partial charge in [-0.2, -0.15) is 5.10 Å². The summed E-state index contributed by atoms with van der Waals surface area (Å²) in [4.78, 5) is 7.00. The van der Waals surface area contributed by atoms with Gasteiger partial charge in [0.25, 0.3) is 0 Å². The lowest BCUT2D eigenvalue weighted by Crippen LogP contribution is -2.46. The van der Waals surface area contributed by atoms with E-state index < -0.39 is 0 Å². The quantitative estimate of drug-likeness (QED) is 0.605. The van der Waals surface area contributed by atoms with Gasteiger partial charge in [0.05, 0.1) is 17.9 Å². The molecule has 6 heteroatoms. The Kier molecular flexibility index (Phi) is 5.90. The van der Waals surface area contributed by atoms with E-state index in [9.17, 15) is 0 Å². The molecule has 0 bridgehead atoms. The van der Waals surface area contributed by atoms with E-state index in [1.54, 1.807) is 0 Å². The van der Waals surface area contributed by atoms with Crippen molar-refractivity contribution < 1.29 is 0 Å². The van der Waals surface area contributed by atoms with E-state index in [1.165, 1.54) is 17.7 Å². The summed E-state index contributed by atoms with van der Waals surface area (Å²) < 4.78 is 2.13. The van der Waals surface area contributed by atoms with E-state index in [4.69, 9.17) is 5.10 Å². The predicted molar refractivity (Wildman–Crippen MR) is 119 cm³/mol. The number of hydrogen-bond donors (Lipinski definition) is 2. The maximum absolute atomic E-state index is 4.95. The smallest absolute Gasteiger partial charge is 0.191 e. The number of fused-ring (bicyclic) bond motifs is 1. The molecule has 2 atom stereocenters. The molecule has 0 amide bonds. The van der Waals surface area contributed by atoms with Crippen LogP contribution in [-0.2, 0) is 19.4 Å². The lowest BCUT2D eigenvalue weighted by molar-refractivity contribution is 0.265. The second kappa shape index (κ2) is 8.57. The van der Waals surface area contributed by atoms with Crippen LogP contribution < -0.4 is 10.6 Å². The topological polar surface area (TPSA) is 57.5 Å². The molecule has 0 radical (unpaired) electrons. The van der Waals surface area contributed by atoms with Crippen molar-refractivity contribution >= 4 is 5.96 Å². The minimum Gasteiger partial charge on any atom is -0.352 e. The van der Waals surface area contributed by atoms with Crippen LogP contribution in [0.3, 0.4) is 0 Å². The first-order valence-electron chi connectivity index (χ1n) is 10.9. The fraction of sp³-hybridized carbons (Fsp3) is 0.565. The molecule has 1 saturated heterocycles. The number of rotatable bonds is 5. The Bertz CT molecular complexity index is 854. The molecule has 1 aromatic carbocycles. The van der Waals surface area contributed by atoms with Crippen molar-refractivity contribution in [2.24, 2.45) is 10.9 Å². The molecule has 0 saturated carbocycles. The number of likely N-dealkylation sites (tertiary alicyclic amines) is 1. The predicted octanol–water partition coefficient (Wildman–Crippen LogP) is 2.75. The average Bonchev–Trinajstić information content (AvgIpc) is 3.42. The molecule has 2 unspecified atom stereocenters. The summed E-state index contributed by atoms with van der Waals surface area (Å²) in [6.45, 7) is 9.77. The van der Waals surface area contributed by atoms with Crippen LogP contribution in [0.5, 0.6) is 0 Å². The molecule has 2 aliphatic rings. The summed E-state index contributed by atoms with van der Waals surface area (Å²) in [5.74, 6) is 1.48. The van der Waals surface area contributed by atoms with Crippen LogP contribution in [0, 0.1) is 5.92 Å². The Labute approximate surface area is 174 Å². The van der Waals surface area contributed by atoms with Crippen molar-refractivity contribution in [1.29, 1.82) is 0 Å². The van der Waals surface area contributed by atoms with Crippen LogP contribution in [0.1, 0.15) is 44.1 Å². The van der Waals surface area contributed by atoms with Crippen molar-refractivity contribution in [2.75, 3.05) is 20.1 Å². The van der Waals surface area contributed by atoms with Gasteiger partial charge in [0.15, 0.2) is 5.96 Å². The van der Waals surface area contributed by atoms with Crippen molar-refractivity contribution in [3.63, 3.8) is 0 Å². The minimum atomic E-state index is 0.427. The van der Waals surface area contributed by atoms with Gasteiger partial charge in [0.2, 0.25) is 0 Å². The largest absolute Gasteiger partial charge is 0.352 e. The summed E-state index contributed by atoms with van der Waals surface area (Å²) in [7, 11) is 1.85. The molecule has 0 spiro atoms. The fourth-order valence-corrected chi connectivity index (χ4v) is 4.59. The first kappa shape index (κ1) is 20.0. The van der Waals surface area contributed by atoms with Crippen molar-refractivity contribution in [3.8, 4) is 5.69 Å². The highest BCUT2D eigenvalue weighted by molar-refractivity contribution is 5.80. The molecule has 1 aromatic heterocycles. The maximum atomic E-state index is 4.95. The van der Waals surface area contributed by atoms with E-state index in [1.807, 2.05) is 7.05 Å². The lowest BCUT2D eigenvalue weighted by Gasteiger charge is -2.21. The molecular formula is C23H34N6. The van der Waals surface area contributed by atoms with Gasteiger partial charge < -0.3 is 10.6 Å². The van der Waals surface area contributed by atoms with Gasteiger partial charge in [-0.05, 0) is 56.7 Å². The monoisotopic (exact) mass is 394 g/mol. The molecule has 2 aromatic rings. The Hall–Kier alpha value is -2.34. The highest BCUT2D eigenvalue weighted by Gasteiger charge is 2.31.